The summed E-state index contributed by atoms with van der Waals surface area (Å²) in [4.78, 5) is 4.28. The number of aromatic amines is 1. The van der Waals surface area contributed by atoms with Gasteiger partial charge in [-0.1, -0.05) is 27.8 Å². The van der Waals surface area contributed by atoms with Crippen molar-refractivity contribution in [2.75, 3.05) is 0 Å². The fraction of sp³-hybridized carbons (Fsp3) is 0.400. The van der Waals surface area contributed by atoms with Gasteiger partial charge in [0.25, 0.3) is 0 Å². The van der Waals surface area contributed by atoms with Crippen molar-refractivity contribution in [3.8, 4) is 0 Å². The number of hydrogen-bond acceptors (Lipinski definition) is 3. The summed E-state index contributed by atoms with van der Waals surface area (Å²) in [6.45, 7) is 0. The maximum absolute atomic E-state index is 4.28. The summed E-state index contributed by atoms with van der Waals surface area (Å²) in [5, 5.41) is 11.1. The van der Waals surface area contributed by atoms with Gasteiger partial charge in [0.15, 0.2) is 5.49 Å². The minimum absolute atomic E-state index is 0.340. The highest BCUT2D eigenvalue weighted by molar-refractivity contribution is 14.1. The third-order valence-corrected chi connectivity index (χ3v) is 2.12. The lowest BCUT2D eigenvalue weighted by Gasteiger charge is -1.99. The van der Waals surface area contributed by atoms with Crippen molar-refractivity contribution in [3.05, 3.63) is 10.8 Å². The van der Waals surface area contributed by atoms with Crippen LogP contribution in [0.4, 0.5) is 0 Å². The van der Waals surface area contributed by atoms with Gasteiger partial charge >= 0.3 is 0 Å². The molecule has 0 radical (unpaired) electrons. The molecule has 1 atom stereocenters. The van der Waals surface area contributed by atoms with Crippen LogP contribution in [0.3, 0.4) is 0 Å². The van der Waals surface area contributed by atoms with E-state index in [-0.39, 0.29) is 0 Å². The molecule has 0 bridgehead atoms. The first-order valence-electron chi connectivity index (χ1n) is 2.95. The van der Waals surface area contributed by atoms with Gasteiger partial charge in [0, 0.05) is 0 Å². The Balaban J connectivity index is 2.73. The van der Waals surface area contributed by atoms with Crippen molar-refractivity contribution in [1.82, 2.24) is 15.4 Å². The largest absolute Gasteiger partial charge is 0.251 e. The van der Waals surface area contributed by atoms with Gasteiger partial charge in [-0.05, 0) is 12.5 Å². The number of nitrogens with one attached hydrogen (secondary N) is 1. The first kappa shape index (κ1) is 6.26. The molecule has 4 nitrogen and oxygen atoms in total. The van der Waals surface area contributed by atoms with Crippen LogP contribution in [-0.2, 0) is 0 Å². The predicted molar refractivity (Wildman–Crippen MR) is 44.1 cm³/mol. The second kappa shape index (κ2) is 2.30. The third-order valence-electron chi connectivity index (χ3n) is 1.33. The Hall–Kier alpha value is -0.460. The molecule has 1 aromatic heterocycles. The van der Waals surface area contributed by atoms with E-state index in [1.54, 1.807) is 0 Å². The molecule has 0 fully saturated rings. The smallest absolute Gasteiger partial charge is 0.171 e. The average Bonchev–Trinajstić information content (AvgIpc) is 2.33. The Morgan fingerprint density at radius 1 is 1.70 bits per heavy atom. The molecular formula is C5H5IN4. The molecule has 0 amide bonds. The Morgan fingerprint density at radius 2 is 2.60 bits per heavy atom. The summed E-state index contributed by atoms with van der Waals surface area (Å²) in [6.07, 6.45) is 3.00. The van der Waals surface area contributed by atoms with Crippen molar-refractivity contribution in [1.29, 1.82) is 0 Å². The molecule has 1 unspecified atom stereocenters. The number of nitrogens with zero attached hydrogens (tertiary/aromatic N) is 3. The zero-order chi connectivity index (χ0) is 6.97. The molecular weight excluding hydrogens is 243 g/mol. The van der Waals surface area contributed by atoms with Crippen LogP contribution in [-0.4, -0.2) is 19.5 Å². The zero-order valence-corrected chi connectivity index (χ0v) is 7.24. The maximum Gasteiger partial charge on any atom is 0.171 e. The van der Waals surface area contributed by atoms with E-state index in [0.29, 0.717) is 4.05 Å². The monoisotopic (exact) mass is 248 g/mol. The highest BCUT2D eigenvalue weighted by Crippen LogP contribution is 2.07. The van der Waals surface area contributed by atoms with Gasteiger partial charge in [-0.15, -0.1) is 5.10 Å². The van der Waals surface area contributed by atoms with Crippen LogP contribution in [0.1, 0.15) is 6.42 Å². The third kappa shape index (κ3) is 0.938. The number of fused-ring (bicyclic) bond motifs is 1. The lowest BCUT2D eigenvalue weighted by molar-refractivity contribution is 0.882. The van der Waals surface area contributed by atoms with Crippen molar-refractivity contribution < 1.29 is 0 Å². The van der Waals surface area contributed by atoms with Crippen molar-refractivity contribution in [2.24, 2.45) is 4.99 Å². The molecule has 0 saturated carbocycles. The summed E-state index contributed by atoms with van der Waals surface area (Å²) >= 11 is 2.28. The Morgan fingerprint density at radius 3 is 3.50 bits per heavy atom. The number of alkyl halides is 1. The Labute approximate surface area is 70.6 Å². The van der Waals surface area contributed by atoms with Crippen LogP contribution in [0, 0.1) is 0 Å². The number of aromatic nitrogens is 3. The molecule has 0 saturated heterocycles. The average molecular weight is 248 g/mol. The van der Waals surface area contributed by atoms with E-state index >= 15 is 0 Å². The van der Waals surface area contributed by atoms with Gasteiger partial charge in [0.2, 0.25) is 0 Å². The Kier molecular flexibility index (Phi) is 1.44. The predicted octanol–water partition coefficient (Wildman–Crippen LogP) is -0.630. The molecule has 1 aromatic rings. The van der Waals surface area contributed by atoms with Crippen molar-refractivity contribution in [2.45, 2.75) is 10.5 Å². The SMILES string of the molecule is IC1CC=c2nn[nH]c2=N1. The van der Waals surface area contributed by atoms with E-state index in [0.717, 1.165) is 17.3 Å². The normalized spacial score (nSPS) is 22.7. The van der Waals surface area contributed by atoms with Gasteiger partial charge in [0.1, 0.15) is 9.40 Å². The van der Waals surface area contributed by atoms with Crippen LogP contribution in [0.15, 0.2) is 4.99 Å². The second-order valence-electron chi connectivity index (χ2n) is 2.05. The van der Waals surface area contributed by atoms with Gasteiger partial charge in [-0.3, -0.25) is 4.99 Å². The standard InChI is InChI=1S/C5H5IN4/c6-4-2-1-3-5(7-4)9-10-8-3/h1,4H,2H2,(H,7,8,9). The second-order valence-corrected chi connectivity index (χ2v) is 3.49. The molecule has 0 aromatic carbocycles. The molecule has 0 aliphatic carbocycles. The van der Waals surface area contributed by atoms with Gasteiger partial charge in [-0.2, -0.15) is 0 Å². The molecule has 1 N–H and O–H groups in total. The van der Waals surface area contributed by atoms with E-state index in [1.165, 1.54) is 0 Å². The fourth-order valence-corrected chi connectivity index (χ4v) is 1.40. The van der Waals surface area contributed by atoms with Crippen LogP contribution in [0.5, 0.6) is 0 Å². The van der Waals surface area contributed by atoms with E-state index in [2.05, 4.69) is 43.0 Å². The van der Waals surface area contributed by atoms with Crippen molar-refractivity contribution in [3.63, 3.8) is 0 Å². The summed E-state index contributed by atoms with van der Waals surface area (Å²) in [6, 6.07) is 0. The number of hydrogen-bond donors (Lipinski definition) is 1. The van der Waals surface area contributed by atoms with Gasteiger partial charge < -0.3 is 0 Å². The lowest BCUT2D eigenvalue weighted by atomic mass is 10.3. The highest BCUT2D eigenvalue weighted by atomic mass is 127. The molecule has 10 heavy (non-hydrogen) atoms. The number of halogens is 1. The zero-order valence-electron chi connectivity index (χ0n) is 5.08. The highest BCUT2D eigenvalue weighted by Gasteiger charge is 2.04. The molecule has 0 spiro atoms. The van der Waals surface area contributed by atoms with Gasteiger partial charge in [0.05, 0.1) is 0 Å². The summed E-state index contributed by atoms with van der Waals surface area (Å²) in [5.74, 6) is 0. The first-order chi connectivity index (χ1) is 4.86. The Bertz CT molecular complexity index is 341. The summed E-state index contributed by atoms with van der Waals surface area (Å²) in [5.41, 5.74) is 0.811. The summed E-state index contributed by atoms with van der Waals surface area (Å²) < 4.78 is 0.340. The molecule has 1 aliphatic rings. The van der Waals surface area contributed by atoms with Crippen LogP contribution in [0.2, 0.25) is 0 Å². The van der Waals surface area contributed by atoms with E-state index in [1.807, 2.05) is 6.08 Å². The number of rotatable bonds is 0. The molecule has 2 rings (SSSR count). The number of H-pyrrole nitrogens is 1. The minimum atomic E-state index is 0.340. The van der Waals surface area contributed by atoms with Crippen LogP contribution in [0.25, 0.3) is 6.08 Å². The molecule has 2 heterocycles. The molecule has 5 heteroatoms. The van der Waals surface area contributed by atoms with E-state index in [9.17, 15) is 0 Å². The van der Waals surface area contributed by atoms with Crippen LogP contribution < -0.4 is 10.8 Å². The van der Waals surface area contributed by atoms with Crippen LogP contribution >= 0.6 is 22.6 Å². The van der Waals surface area contributed by atoms with Crippen molar-refractivity contribution >= 4 is 28.7 Å². The minimum Gasteiger partial charge on any atom is -0.251 e. The lowest BCUT2D eigenvalue weighted by Crippen LogP contribution is -2.29. The molecule has 1 aliphatic heterocycles. The molecule has 52 valence electrons. The quantitative estimate of drug-likeness (QED) is 0.377. The first-order valence-corrected chi connectivity index (χ1v) is 4.20. The van der Waals surface area contributed by atoms with E-state index < -0.39 is 0 Å². The van der Waals surface area contributed by atoms with E-state index in [4.69, 9.17) is 0 Å². The fourth-order valence-electron chi connectivity index (χ4n) is 0.865. The topological polar surface area (TPSA) is 53.9 Å². The maximum atomic E-state index is 4.28. The van der Waals surface area contributed by atoms with Gasteiger partial charge in [-0.25, -0.2) is 5.10 Å². The summed E-state index contributed by atoms with van der Waals surface area (Å²) in [7, 11) is 0.